The maximum Gasteiger partial charge on any atom is 0.338 e. The first-order valence-electron chi connectivity index (χ1n) is 6.61. The first kappa shape index (κ1) is 12.9. The molecule has 3 nitrogen and oxygen atoms in total. The number of hydrogen-bond donors (Lipinski definition) is 0. The monoisotopic (exact) mass is 248 g/mol. The highest BCUT2D eigenvalue weighted by Crippen LogP contribution is 2.43. The zero-order chi connectivity index (χ0) is 13.1. The highest BCUT2D eigenvalue weighted by Gasteiger charge is 2.29. The Morgan fingerprint density at radius 1 is 1.28 bits per heavy atom. The molecule has 1 aromatic rings. The van der Waals surface area contributed by atoms with Gasteiger partial charge in [0.25, 0.3) is 0 Å². The molecule has 0 saturated heterocycles. The summed E-state index contributed by atoms with van der Waals surface area (Å²) >= 11 is 0. The molecule has 0 unspecified atom stereocenters. The van der Waals surface area contributed by atoms with Crippen LogP contribution in [-0.2, 0) is 4.74 Å². The molecule has 1 aromatic carbocycles. The first-order valence-corrected chi connectivity index (χ1v) is 6.61. The summed E-state index contributed by atoms with van der Waals surface area (Å²) in [6.45, 7) is 6.79. The molecule has 98 valence electrons. The van der Waals surface area contributed by atoms with Crippen LogP contribution in [0.3, 0.4) is 0 Å². The van der Waals surface area contributed by atoms with Crippen LogP contribution in [0.4, 0.5) is 0 Å². The summed E-state index contributed by atoms with van der Waals surface area (Å²) in [4.78, 5) is 12.0. The second-order valence-electron chi connectivity index (χ2n) is 4.63. The standard InChI is InChI=1S/C15H20O3/c1-4-17-14-9-13(15(16)18-5-2)12(8-10(14)3)11-6-7-11/h8-9,11H,4-7H2,1-3H3. The fraction of sp³-hybridized carbons (Fsp3) is 0.533. The second-order valence-corrected chi connectivity index (χ2v) is 4.63. The third-order valence-corrected chi connectivity index (χ3v) is 3.16. The SMILES string of the molecule is CCOC(=O)c1cc(OCC)c(C)cc1C1CC1. The first-order chi connectivity index (χ1) is 8.67. The number of esters is 1. The summed E-state index contributed by atoms with van der Waals surface area (Å²) in [7, 11) is 0. The Balaban J connectivity index is 2.39. The summed E-state index contributed by atoms with van der Waals surface area (Å²) in [5, 5.41) is 0. The van der Waals surface area contributed by atoms with Gasteiger partial charge >= 0.3 is 5.97 Å². The van der Waals surface area contributed by atoms with E-state index in [1.165, 1.54) is 12.8 Å². The Hall–Kier alpha value is -1.51. The molecule has 0 aromatic heterocycles. The van der Waals surface area contributed by atoms with Crippen LogP contribution in [-0.4, -0.2) is 19.2 Å². The lowest BCUT2D eigenvalue weighted by Gasteiger charge is -2.13. The molecule has 0 aliphatic heterocycles. The van der Waals surface area contributed by atoms with Crippen LogP contribution in [0.1, 0.15) is 54.1 Å². The molecule has 1 fully saturated rings. The van der Waals surface area contributed by atoms with Gasteiger partial charge in [-0.3, -0.25) is 0 Å². The molecule has 0 bridgehead atoms. The molecule has 0 heterocycles. The lowest BCUT2D eigenvalue weighted by atomic mass is 9.99. The predicted octanol–water partition coefficient (Wildman–Crippen LogP) is 3.45. The van der Waals surface area contributed by atoms with Crippen molar-refractivity contribution in [2.45, 2.75) is 39.5 Å². The van der Waals surface area contributed by atoms with Gasteiger partial charge in [0.15, 0.2) is 0 Å². The third kappa shape index (κ3) is 2.66. The normalized spacial score (nSPS) is 14.4. The van der Waals surface area contributed by atoms with Crippen molar-refractivity contribution in [3.8, 4) is 5.75 Å². The van der Waals surface area contributed by atoms with Crippen molar-refractivity contribution < 1.29 is 14.3 Å². The van der Waals surface area contributed by atoms with E-state index in [0.29, 0.717) is 24.7 Å². The number of ether oxygens (including phenoxy) is 2. The summed E-state index contributed by atoms with van der Waals surface area (Å²) < 4.78 is 10.7. The fourth-order valence-electron chi connectivity index (χ4n) is 2.14. The minimum Gasteiger partial charge on any atom is -0.494 e. The maximum atomic E-state index is 12.0. The van der Waals surface area contributed by atoms with Gasteiger partial charge in [-0.05, 0) is 56.7 Å². The van der Waals surface area contributed by atoms with Crippen molar-refractivity contribution >= 4 is 5.97 Å². The molecular weight excluding hydrogens is 228 g/mol. The van der Waals surface area contributed by atoms with E-state index in [2.05, 4.69) is 6.07 Å². The molecule has 1 saturated carbocycles. The largest absolute Gasteiger partial charge is 0.494 e. The van der Waals surface area contributed by atoms with Gasteiger partial charge < -0.3 is 9.47 Å². The van der Waals surface area contributed by atoms with E-state index >= 15 is 0 Å². The number of hydrogen-bond acceptors (Lipinski definition) is 3. The van der Waals surface area contributed by atoms with Crippen LogP contribution in [0, 0.1) is 6.92 Å². The number of rotatable bonds is 5. The lowest BCUT2D eigenvalue weighted by molar-refractivity contribution is 0.0524. The predicted molar refractivity (Wildman–Crippen MR) is 70.3 cm³/mol. The van der Waals surface area contributed by atoms with Crippen LogP contribution in [0.2, 0.25) is 0 Å². The lowest BCUT2D eigenvalue weighted by Crippen LogP contribution is -2.09. The average Bonchev–Trinajstić information content (AvgIpc) is 3.16. The van der Waals surface area contributed by atoms with Crippen molar-refractivity contribution in [3.63, 3.8) is 0 Å². The summed E-state index contributed by atoms with van der Waals surface area (Å²) in [5.74, 6) is 1.07. The zero-order valence-electron chi connectivity index (χ0n) is 11.3. The van der Waals surface area contributed by atoms with E-state index < -0.39 is 0 Å². The van der Waals surface area contributed by atoms with E-state index in [4.69, 9.17) is 9.47 Å². The number of carbonyl (C=O) groups is 1. The molecule has 0 spiro atoms. The van der Waals surface area contributed by atoms with Gasteiger partial charge in [-0.15, -0.1) is 0 Å². The molecule has 0 amide bonds. The van der Waals surface area contributed by atoms with E-state index in [1.54, 1.807) is 0 Å². The number of benzene rings is 1. The van der Waals surface area contributed by atoms with Gasteiger partial charge in [-0.1, -0.05) is 6.07 Å². The fourth-order valence-corrected chi connectivity index (χ4v) is 2.14. The minimum absolute atomic E-state index is 0.236. The van der Waals surface area contributed by atoms with Crippen LogP contribution >= 0.6 is 0 Å². The molecular formula is C15H20O3. The molecule has 0 radical (unpaired) electrons. The van der Waals surface area contributed by atoms with Crippen LogP contribution in [0.15, 0.2) is 12.1 Å². The highest BCUT2D eigenvalue weighted by atomic mass is 16.5. The number of carbonyl (C=O) groups excluding carboxylic acids is 1. The van der Waals surface area contributed by atoms with E-state index in [9.17, 15) is 4.79 Å². The Morgan fingerprint density at radius 3 is 2.56 bits per heavy atom. The van der Waals surface area contributed by atoms with Crippen LogP contribution < -0.4 is 4.74 Å². The maximum absolute atomic E-state index is 12.0. The zero-order valence-corrected chi connectivity index (χ0v) is 11.3. The molecule has 2 rings (SSSR count). The van der Waals surface area contributed by atoms with Crippen LogP contribution in [0.25, 0.3) is 0 Å². The van der Waals surface area contributed by atoms with Crippen LogP contribution in [0.5, 0.6) is 5.75 Å². The van der Waals surface area contributed by atoms with Crippen molar-refractivity contribution in [1.82, 2.24) is 0 Å². The topological polar surface area (TPSA) is 35.5 Å². The van der Waals surface area contributed by atoms with Crippen molar-refractivity contribution in [2.24, 2.45) is 0 Å². The number of aryl methyl sites for hydroxylation is 1. The molecule has 0 N–H and O–H groups in total. The van der Waals surface area contributed by atoms with Crippen molar-refractivity contribution in [2.75, 3.05) is 13.2 Å². The van der Waals surface area contributed by atoms with Gasteiger partial charge in [0.05, 0.1) is 18.8 Å². The van der Waals surface area contributed by atoms with E-state index in [0.717, 1.165) is 16.9 Å². The average molecular weight is 248 g/mol. The summed E-state index contributed by atoms with van der Waals surface area (Å²) in [6.07, 6.45) is 2.33. The van der Waals surface area contributed by atoms with Gasteiger partial charge in [-0.25, -0.2) is 4.79 Å². The quantitative estimate of drug-likeness (QED) is 0.749. The molecule has 1 aliphatic rings. The third-order valence-electron chi connectivity index (χ3n) is 3.16. The molecule has 0 atom stereocenters. The molecule has 18 heavy (non-hydrogen) atoms. The minimum atomic E-state index is -0.236. The summed E-state index contributed by atoms with van der Waals surface area (Å²) in [5.41, 5.74) is 2.88. The van der Waals surface area contributed by atoms with Crippen molar-refractivity contribution in [3.05, 3.63) is 28.8 Å². The Morgan fingerprint density at radius 2 is 2.00 bits per heavy atom. The second kappa shape index (κ2) is 5.42. The summed E-state index contributed by atoms with van der Waals surface area (Å²) in [6, 6.07) is 3.92. The highest BCUT2D eigenvalue weighted by molar-refractivity contribution is 5.92. The Kier molecular flexibility index (Phi) is 3.90. The Labute approximate surface area is 108 Å². The molecule has 3 heteroatoms. The van der Waals surface area contributed by atoms with Gasteiger partial charge in [0.1, 0.15) is 5.75 Å². The molecule has 1 aliphatic carbocycles. The van der Waals surface area contributed by atoms with Gasteiger partial charge in [-0.2, -0.15) is 0 Å². The van der Waals surface area contributed by atoms with Crippen molar-refractivity contribution in [1.29, 1.82) is 0 Å². The Bertz CT molecular complexity index is 447. The smallest absolute Gasteiger partial charge is 0.338 e. The van der Waals surface area contributed by atoms with E-state index in [-0.39, 0.29) is 5.97 Å². The van der Waals surface area contributed by atoms with Gasteiger partial charge in [0.2, 0.25) is 0 Å². The van der Waals surface area contributed by atoms with E-state index in [1.807, 2.05) is 26.8 Å². The van der Waals surface area contributed by atoms with Gasteiger partial charge in [0, 0.05) is 0 Å².